The number of nitrogens with zero attached hydrogens (tertiary/aromatic N) is 3. The maximum Gasteiger partial charge on any atom is 0.243 e. The van der Waals surface area contributed by atoms with Crippen molar-refractivity contribution in [1.82, 2.24) is 14.1 Å². The molecule has 1 aliphatic heterocycles. The van der Waals surface area contributed by atoms with E-state index in [1.54, 1.807) is 45.6 Å². The van der Waals surface area contributed by atoms with E-state index in [1.807, 2.05) is 19.0 Å². The van der Waals surface area contributed by atoms with Gasteiger partial charge in [-0.2, -0.15) is 4.31 Å². The summed E-state index contributed by atoms with van der Waals surface area (Å²) in [6, 6.07) is 12.8. The molecule has 1 saturated heterocycles. The average Bonchev–Trinajstić information content (AvgIpc) is 2.78. The normalized spacial score (nSPS) is 15.1. The third-order valence-electron chi connectivity index (χ3n) is 5.69. The summed E-state index contributed by atoms with van der Waals surface area (Å²) in [5.41, 5.74) is 1.63. The predicted molar refractivity (Wildman–Crippen MR) is 123 cm³/mol. The van der Waals surface area contributed by atoms with Crippen LogP contribution in [0.5, 0.6) is 0 Å². The van der Waals surface area contributed by atoms with Crippen molar-refractivity contribution in [3.63, 3.8) is 0 Å². The highest BCUT2D eigenvalue weighted by atomic mass is 32.2. The molecule has 0 aliphatic carbocycles. The number of carbonyl (C=O) groups excluding carboxylic acids is 1. The van der Waals surface area contributed by atoms with Crippen molar-refractivity contribution < 1.29 is 17.6 Å². The zero-order valence-electron chi connectivity index (χ0n) is 18.8. The summed E-state index contributed by atoms with van der Waals surface area (Å²) >= 11 is 0. The maximum atomic E-state index is 13.2. The highest BCUT2D eigenvalue weighted by Gasteiger charge is 2.26. The summed E-state index contributed by atoms with van der Waals surface area (Å²) in [5, 5.41) is 0. The van der Waals surface area contributed by atoms with E-state index in [-0.39, 0.29) is 23.0 Å². The Labute approximate surface area is 190 Å². The number of amides is 1. The van der Waals surface area contributed by atoms with Gasteiger partial charge in [-0.05, 0) is 62.3 Å². The second kappa shape index (κ2) is 11.0. The van der Waals surface area contributed by atoms with Crippen LogP contribution in [0.3, 0.4) is 0 Å². The van der Waals surface area contributed by atoms with Crippen molar-refractivity contribution in [3.8, 4) is 0 Å². The van der Waals surface area contributed by atoms with Gasteiger partial charge in [0.05, 0.1) is 11.3 Å². The molecule has 0 N–H and O–H groups in total. The third-order valence-corrected chi connectivity index (χ3v) is 7.60. The van der Waals surface area contributed by atoms with E-state index in [0.717, 1.165) is 30.4 Å². The average molecular weight is 462 g/mol. The molecule has 0 spiro atoms. The van der Waals surface area contributed by atoms with Gasteiger partial charge in [0.25, 0.3) is 0 Å². The lowest BCUT2D eigenvalue weighted by Gasteiger charge is -2.26. The predicted octanol–water partition coefficient (Wildman–Crippen LogP) is 3.13. The van der Waals surface area contributed by atoms with E-state index in [0.29, 0.717) is 32.7 Å². The molecule has 1 aliphatic rings. The molecule has 0 saturated carbocycles. The molecule has 1 fully saturated rings. The topological polar surface area (TPSA) is 60.9 Å². The van der Waals surface area contributed by atoms with Gasteiger partial charge in [0.15, 0.2) is 0 Å². The first-order valence-electron chi connectivity index (χ1n) is 11.0. The number of hydrogen-bond acceptors (Lipinski definition) is 4. The Hall–Kier alpha value is -2.29. The lowest BCUT2D eigenvalue weighted by molar-refractivity contribution is -0.131. The molecule has 0 aromatic heterocycles. The molecule has 32 heavy (non-hydrogen) atoms. The Bertz CT molecular complexity index is 986. The summed E-state index contributed by atoms with van der Waals surface area (Å²) in [6.07, 6.45) is 3.03. The minimum absolute atomic E-state index is 0.0530. The number of sulfonamides is 1. The molecule has 1 heterocycles. The number of carbonyl (C=O) groups is 1. The number of rotatable bonds is 9. The third kappa shape index (κ3) is 6.60. The van der Waals surface area contributed by atoms with E-state index in [2.05, 4.69) is 0 Å². The number of benzene rings is 2. The first-order chi connectivity index (χ1) is 15.3. The van der Waals surface area contributed by atoms with Crippen molar-refractivity contribution in [2.24, 2.45) is 0 Å². The summed E-state index contributed by atoms with van der Waals surface area (Å²) < 4.78 is 40.4. The van der Waals surface area contributed by atoms with Gasteiger partial charge in [0.2, 0.25) is 15.9 Å². The van der Waals surface area contributed by atoms with Crippen LogP contribution in [0.25, 0.3) is 0 Å². The Morgan fingerprint density at radius 3 is 2.09 bits per heavy atom. The largest absolute Gasteiger partial charge is 0.337 e. The number of halogens is 1. The van der Waals surface area contributed by atoms with Crippen molar-refractivity contribution in [3.05, 3.63) is 65.5 Å². The molecule has 3 rings (SSSR count). The van der Waals surface area contributed by atoms with Crippen LogP contribution in [0.2, 0.25) is 0 Å². The first-order valence-corrected chi connectivity index (χ1v) is 12.5. The van der Waals surface area contributed by atoms with Crippen molar-refractivity contribution in [1.29, 1.82) is 0 Å². The van der Waals surface area contributed by atoms with Crippen LogP contribution in [0, 0.1) is 5.82 Å². The van der Waals surface area contributed by atoms with Crippen LogP contribution < -0.4 is 0 Å². The zero-order chi connectivity index (χ0) is 23.1. The van der Waals surface area contributed by atoms with Gasteiger partial charge >= 0.3 is 0 Å². The summed E-state index contributed by atoms with van der Waals surface area (Å²) in [5.74, 6) is -0.359. The molecule has 174 valence electrons. The van der Waals surface area contributed by atoms with Crippen molar-refractivity contribution in [2.45, 2.75) is 37.1 Å². The minimum Gasteiger partial charge on any atom is -0.337 e. The minimum atomic E-state index is -3.48. The SMILES string of the molecule is CN(C)CCN(Cc1ccc(F)cc1)C(=O)Cc1ccc(S(=O)(=O)N2CCCCC2)cc1. The fraction of sp³-hybridized carbons (Fsp3) is 0.458. The number of hydrogen-bond donors (Lipinski definition) is 0. The molecule has 0 atom stereocenters. The van der Waals surface area contributed by atoms with Crippen molar-refractivity contribution in [2.75, 3.05) is 40.3 Å². The van der Waals surface area contributed by atoms with Crippen LogP contribution in [0.4, 0.5) is 4.39 Å². The highest BCUT2D eigenvalue weighted by molar-refractivity contribution is 7.89. The number of piperidine rings is 1. The van der Waals surface area contributed by atoms with Gasteiger partial charge in [-0.1, -0.05) is 30.7 Å². The fourth-order valence-corrected chi connectivity index (χ4v) is 5.26. The molecular weight excluding hydrogens is 429 g/mol. The molecule has 1 amide bonds. The molecule has 6 nitrogen and oxygen atoms in total. The van der Waals surface area contributed by atoms with E-state index >= 15 is 0 Å². The van der Waals surface area contributed by atoms with Crippen molar-refractivity contribution >= 4 is 15.9 Å². The highest BCUT2D eigenvalue weighted by Crippen LogP contribution is 2.21. The van der Waals surface area contributed by atoms with Gasteiger partial charge in [0.1, 0.15) is 5.82 Å². The molecule has 8 heteroatoms. The maximum absolute atomic E-state index is 13.2. The molecule has 0 unspecified atom stereocenters. The van der Waals surface area contributed by atoms with Crippen LogP contribution in [0.15, 0.2) is 53.4 Å². The van der Waals surface area contributed by atoms with Crippen LogP contribution in [-0.2, 0) is 27.8 Å². The zero-order valence-corrected chi connectivity index (χ0v) is 19.7. The molecule has 2 aromatic carbocycles. The summed E-state index contributed by atoms with van der Waals surface area (Å²) in [6.45, 7) is 2.78. The van der Waals surface area contributed by atoms with Gasteiger partial charge in [-0.25, -0.2) is 12.8 Å². The molecule has 2 aromatic rings. The fourth-order valence-electron chi connectivity index (χ4n) is 3.74. The van der Waals surface area contributed by atoms with Gasteiger partial charge in [-0.15, -0.1) is 0 Å². The second-order valence-electron chi connectivity index (χ2n) is 8.53. The van der Waals surface area contributed by atoms with Gasteiger partial charge in [-0.3, -0.25) is 4.79 Å². The van der Waals surface area contributed by atoms with Gasteiger partial charge < -0.3 is 9.80 Å². The molecule has 0 radical (unpaired) electrons. The standard InChI is InChI=1S/C24H32FN3O3S/c1-26(2)16-17-27(19-21-6-10-22(25)11-7-21)24(29)18-20-8-12-23(13-9-20)32(30,31)28-14-4-3-5-15-28/h6-13H,3-5,14-19H2,1-2H3. The monoisotopic (exact) mass is 461 g/mol. The van der Waals surface area contributed by atoms with Crippen LogP contribution in [-0.4, -0.2) is 68.7 Å². The van der Waals surface area contributed by atoms with E-state index in [9.17, 15) is 17.6 Å². The Morgan fingerprint density at radius 2 is 1.50 bits per heavy atom. The van der Waals surface area contributed by atoms with E-state index < -0.39 is 10.0 Å². The Kier molecular flexibility index (Phi) is 8.39. The van der Waals surface area contributed by atoms with Crippen LogP contribution in [0.1, 0.15) is 30.4 Å². The van der Waals surface area contributed by atoms with E-state index in [4.69, 9.17) is 0 Å². The smallest absolute Gasteiger partial charge is 0.243 e. The lowest BCUT2D eigenvalue weighted by atomic mass is 10.1. The lowest BCUT2D eigenvalue weighted by Crippen LogP contribution is -2.37. The van der Waals surface area contributed by atoms with E-state index in [1.165, 1.54) is 12.1 Å². The quantitative estimate of drug-likeness (QED) is 0.576. The molecule has 0 bridgehead atoms. The summed E-state index contributed by atoms with van der Waals surface area (Å²) in [4.78, 5) is 17.1. The Morgan fingerprint density at radius 1 is 0.906 bits per heavy atom. The first kappa shape index (κ1) is 24.4. The number of likely N-dealkylation sites (N-methyl/N-ethyl adjacent to an activating group) is 1. The van der Waals surface area contributed by atoms with Gasteiger partial charge in [0, 0.05) is 32.7 Å². The Balaban J connectivity index is 1.68. The second-order valence-corrected chi connectivity index (χ2v) is 10.5. The van der Waals surface area contributed by atoms with Crippen LogP contribution >= 0.6 is 0 Å². The molecular formula is C24H32FN3O3S. The summed E-state index contributed by atoms with van der Waals surface area (Å²) in [7, 11) is 0.409.